The highest BCUT2D eigenvalue weighted by molar-refractivity contribution is 7.85. The second kappa shape index (κ2) is 10.8. The van der Waals surface area contributed by atoms with Crippen molar-refractivity contribution < 1.29 is 13.7 Å². The number of methoxy groups -OCH3 is 1. The molecule has 3 aromatic rings. The van der Waals surface area contributed by atoms with Gasteiger partial charge in [0.2, 0.25) is 0 Å². The van der Waals surface area contributed by atoms with Gasteiger partial charge >= 0.3 is 0 Å². The Hall–Kier alpha value is -3.23. The molecule has 1 aromatic heterocycles. The lowest BCUT2D eigenvalue weighted by atomic mass is 10.1. The summed E-state index contributed by atoms with van der Waals surface area (Å²) in [6.07, 6.45) is 3.04. The van der Waals surface area contributed by atoms with Gasteiger partial charge in [-0.25, -0.2) is 0 Å². The van der Waals surface area contributed by atoms with Crippen LogP contribution in [0.5, 0.6) is 5.75 Å². The summed E-state index contributed by atoms with van der Waals surface area (Å²) >= 11 is 0. The number of hydrogen-bond acceptors (Lipinski definition) is 6. The Labute approximate surface area is 203 Å². The number of nitrogens with one attached hydrogen (secondary N) is 1. The van der Waals surface area contributed by atoms with E-state index >= 15 is 0 Å². The first-order valence-electron chi connectivity index (χ1n) is 11.3. The minimum atomic E-state index is -1.44. The summed E-state index contributed by atoms with van der Waals surface area (Å²) in [6, 6.07) is 17.0. The fraction of sp³-hybridized carbons (Fsp3) is 0.308. The van der Waals surface area contributed by atoms with Crippen molar-refractivity contribution in [1.29, 1.82) is 0 Å². The molecule has 178 valence electrons. The van der Waals surface area contributed by atoms with E-state index < -0.39 is 10.8 Å². The molecule has 1 amide bonds. The first-order chi connectivity index (χ1) is 16.5. The molecule has 0 saturated carbocycles. The average Bonchev–Trinajstić information content (AvgIpc) is 2.89. The number of pyridine rings is 1. The summed E-state index contributed by atoms with van der Waals surface area (Å²) in [5, 5.41) is 2.62. The van der Waals surface area contributed by atoms with E-state index in [2.05, 4.69) is 27.1 Å². The zero-order valence-corrected chi connectivity index (χ0v) is 20.5. The molecule has 0 spiro atoms. The molecule has 2 heterocycles. The average molecular weight is 479 g/mol. The van der Waals surface area contributed by atoms with Crippen LogP contribution in [-0.4, -0.2) is 60.3 Å². The van der Waals surface area contributed by atoms with Crippen molar-refractivity contribution in [3.8, 4) is 5.75 Å². The third kappa shape index (κ3) is 5.46. The number of rotatable bonds is 7. The van der Waals surface area contributed by atoms with Gasteiger partial charge in [0, 0.05) is 49.9 Å². The second-order valence-electron chi connectivity index (χ2n) is 8.38. The van der Waals surface area contributed by atoms with Crippen LogP contribution in [0.25, 0.3) is 0 Å². The zero-order valence-electron chi connectivity index (χ0n) is 19.7. The number of aromatic nitrogens is 1. The van der Waals surface area contributed by atoms with Crippen LogP contribution in [0, 0.1) is 0 Å². The molecular formula is C26H30N4O3S. The molecule has 1 aliphatic rings. The maximum Gasteiger partial charge on any atom is 0.258 e. The summed E-state index contributed by atoms with van der Waals surface area (Å²) in [4.78, 5) is 22.3. The standard InChI is InChI=1S/C26H30N4O3S/c1-19(20-4-10-23(33-3)11-5-20)34(32)25-12-13-27-18-24(25)26(31)28-21-6-8-22(9-7-21)30-16-14-29(2)15-17-30/h4-13,18-19H,14-17H2,1-3H3,(H,28,31). The monoisotopic (exact) mass is 478 g/mol. The SMILES string of the molecule is COc1ccc(C(C)S(=O)c2ccncc2C(=O)Nc2ccc(N3CCN(C)CC3)cc2)cc1. The minimum Gasteiger partial charge on any atom is -0.497 e. The van der Waals surface area contributed by atoms with Gasteiger partial charge in [0.25, 0.3) is 5.91 Å². The van der Waals surface area contributed by atoms with E-state index in [0.717, 1.165) is 43.2 Å². The predicted octanol–water partition coefficient (Wildman–Crippen LogP) is 3.96. The summed E-state index contributed by atoms with van der Waals surface area (Å²) in [5.74, 6) is 0.412. The molecule has 2 unspecified atom stereocenters. The predicted molar refractivity (Wildman–Crippen MR) is 136 cm³/mol. The summed E-state index contributed by atoms with van der Waals surface area (Å²) < 4.78 is 18.6. The Balaban J connectivity index is 1.47. The topological polar surface area (TPSA) is 74.8 Å². The first-order valence-corrected chi connectivity index (χ1v) is 12.5. The number of carbonyl (C=O) groups is 1. The maximum atomic E-state index is 13.4. The van der Waals surface area contributed by atoms with Gasteiger partial charge < -0.3 is 19.9 Å². The van der Waals surface area contributed by atoms with Gasteiger partial charge in [-0.3, -0.25) is 14.0 Å². The number of likely N-dealkylation sites (N-methyl/N-ethyl adjacent to an activating group) is 1. The molecule has 34 heavy (non-hydrogen) atoms. The van der Waals surface area contributed by atoms with Crippen molar-refractivity contribution in [2.75, 3.05) is 50.6 Å². The Morgan fingerprint density at radius 1 is 1.03 bits per heavy atom. The Bertz CT molecular complexity index is 1140. The molecule has 8 heteroatoms. The molecule has 0 aliphatic carbocycles. The van der Waals surface area contributed by atoms with Gasteiger partial charge in [0.15, 0.2) is 0 Å². The summed E-state index contributed by atoms with van der Waals surface area (Å²) in [7, 11) is 2.30. The number of amides is 1. The summed E-state index contributed by atoms with van der Waals surface area (Å²) in [5.41, 5.74) is 3.04. The number of hydrogen-bond donors (Lipinski definition) is 1. The Kier molecular flexibility index (Phi) is 7.59. The molecule has 1 aliphatic heterocycles. The Morgan fingerprint density at radius 2 is 1.71 bits per heavy atom. The highest BCUT2D eigenvalue weighted by Gasteiger charge is 2.22. The molecule has 0 radical (unpaired) electrons. The fourth-order valence-electron chi connectivity index (χ4n) is 3.94. The molecule has 7 nitrogen and oxygen atoms in total. The van der Waals surface area contributed by atoms with Gasteiger partial charge in [0.1, 0.15) is 5.75 Å². The molecule has 1 fully saturated rings. The van der Waals surface area contributed by atoms with E-state index in [-0.39, 0.29) is 11.2 Å². The van der Waals surface area contributed by atoms with Gasteiger partial charge in [-0.1, -0.05) is 12.1 Å². The van der Waals surface area contributed by atoms with Crippen molar-refractivity contribution in [3.05, 3.63) is 78.1 Å². The highest BCUT2D eigenvalue weighted by Crippen LogP contribution is 2.28. The number of ether oxygens (including phenoxy) is 1. The van der Waals surface area contributed by atoms with Crippen molar-refractivity contribution in [2.24, 2.45) is 0 Å². The third-order valence-corrected chi connectivity index (χ3v) is 7.85. The molecular weight excluding hydrogens is 448 g/mol. The van der Waals surface area contributed by atoms with E-state index in [0.29, 0.717) is 16.1 Å². The smallest absolute Gasteiger partial charge is 0.258 e. The lowest BCUT2D eigenvalue weighted by Gasteiger charge is -2.34. The van der Waals surface area contributed by atoms with Crippen LogP contribution in [0.15, 0.2) is 71.9 Å². The zero-order chi connectivity index (χ0) is 24.1. The third-order valence-electron chi connectivity index (χ3n) is 6.14. The number of benzene rings is 2. The lowest BCUT2D eigenvalue weighted by molar-refractivity contribution is 0.102. The number of nitrogens with zero attached hydrogens (tertiary/aromatic N) is 3. The van der Waals surface area contributed by atoms with Crippen LogP contribution < -0.4 is 15.0 Å². The van der Waals surface area contributed by atoms with Crippen LogP contribution in [0.2, 0.25) is 0 Å². The van der Waals surface area contributed by atoms with Gasteiger partial charge in [-0.15, -0.1) is 0 Å². The minimum absolute atomic E-state index is 0.303. The van der Waals surface area contributed by atoms with Crippen molar-refractivity contribution in [1.82, 2.24) is 9.88 Å². The van der Waals surface area contributed by atoms with E-state index in [1.54, 1.807) is 19.4 Å². The van der Waals surface area contributed by atoms with Crippen molar-refractivity contribution in [2.45, 2.75) is 17.1 Å². The van der Waals surface area contributed by atoms with Crippen LogP contribution in [0.1, 0.15) is 28.1 Å². The molecule has 4 rings (SSSR count). The van der Waals surface area contributed by atoms with Crippen LogP contribution in [-0.2, 0) is 10.8 Å². The quantitative estimate of drug-likeness (QED) is 0.554. The first kappa shape index (κ1) is 23.9. The van der Waals surface area contributed by atoms with Gasteiger partial charge in [-0.05, 0) is 62.0 Å². The second-order valence-corrected chi connectivity index (χ2v) is 10.1. The van der Waals surface area contributed by atoms with E-state index in [1.165, 1.54) is 6.20 Å². The van der Waals surface area contributed by atoms with Crippen molar-refractivity contribution >= 4 is 28.1 Å². The van der Waals surface area contributed by atoms with Gasteiger partial charge in [0.05, 0.1) is 33.6 Å². The number of anilines is 2. The van der Waals surface area contributed by atoms with E-state index in [1.807, 2.05) is 55.5 Å². The number of piperazine rings is 1. The van der Waals surface area contributed by atoms with Crippen LogP contribution in [0.3, 0.4) is 0 Å². The van der Waals surface area contributed by atoms with E-state index in [9.17, 15) is 9.00 Å². The molecule has 2 aromatic carbocycles. The Morgan fingerprint density at radius 3 is 2.35 bits per heavy atom. The molecule has 1 N–H and O–H groups in total. The lowest BCUT2D eigenvalue weighted by Crippen LogP contribution is -2.44. The molecule has 0 bridgehead atoms. The summed E-state index contributed by atoms with van der Waals surface area (Å²) in [6.45, 7) is 5.93. The normalized spacial score (nSPS) is 16.0. The maximum absolute atomic E-state index is 13.4. The highest BCUT2D eigenvalue weighted by atomic mass is 32.2. The van der Waals surface area contributed by atoms with E-state index in [4.69, 9.17) is 4.74 Å². The largest absolute Gasteiger partial charge is 0.497 e. The van der Waals surface area contributed by atoms with Gasteiger partial charge in [-0.2, -0.15) is 0 Å². The van der Waals surface area contributed by atoms with Crippen LogP contribution in [0.4, 0.5) is 11.4 Å². The fourth-order valence-corrected chi connectivity index (χ4v) is 5.28. The van der Waals surface area contributed by atoms with Crippen molar-refractivity contribution in [3.63, 3.8) is 0 Å². The molecule has 2 atom stereocenters. The number of carbonyl (C=O) groups excluding carboxylic acids is 1. The molecule has 1 saturated heterocycles. The van der Waals surface area contributed by atoms with Crippen LogP contribution >= 0.6 is 0 Å².